The maximum absolute atomic E-state index is 11.7. The van der Waals surface area contributed by atoms with Gasteiger partial charge in [-0.25, -0.2) is 0 Å². The van der Waals surface area contributed by atoms with Crippen LogP contribution in [0.3, 0.4) is 0 Å². The highest BCUT2D eigenvalue weighted by atomic mass is 16.7. The van der Waals surface area contributed by atoms with E-state index in [0.717, 1.165) is 64.2 Å². The third kappa shape index (κ3) is 15.4. The monoisotopic (exact) mass is 394 g/mol. The Morgan fingerprint density at radius 1 is 0.679 bits per heavy atom. The van der Waals surface area contributed by atoms with Crippen molar-refractivity contribution in [3.63, 3.8) is 0 Å². The molecule has 0 bridgehead atoms. The summed E-state index contributed by atoms with van der Waals surface area (Å²) in [6.45, 7) is -0.287. The molecule has 5 nitrogen and oxygen atoms in total. The first kappa shape index (κ1) is 24.4. The van der Waals surface area contributed by atoms with E-state index in [-0.39, 0.29) is 19.0 Å². The van der Waals surface area contributed by atoms with Crippen molar-refractivity contribution in [1.82, 2.24) is 0 Å². The molecule has 0 saturated heterocycles. The molecule has 0 aromatic carbocycles. The maximum Gasteiger partial charge on any atom is 0.308 e. The second-order valence-electron chi connectivity index (χ2n) is 7.42. The maximum atomic E-state index is 11.7. The summed E-state index contributed by atoms with van der Waals surface area (Å²) in [4.78, 5) is 23.3. The van der Waals surface area contributed by atoms with Crippen molar-refractivity contribution in [3.8, 4) is 0 Å². The quantitative estimate of drug-likeness (QED) is 0.442. The summed E-state index contributed by atoms with van der Waals surface area (Å²) in [7, 11) is 0. The van der Waals surface area contributed by atoms with E-state index in [1.54, 1.807) is 0 Å². The molecule has 0 aromatic heterocycles. The van der Waals surface area contributed by atoms with Gasteiger partial charge in [-0.15, -0.1) is 0 Å². The summed E-state index contributed by atoms with van der Waals surface area (Å²) >= 11 is 0. The van der Waals surface area contributed by atoms with Crippen LogP contribution in [0.25, 0.3) is 0 Å². The zero-order chi connectivity index (χ0) is 20.3. The molecule has 1 N–H and O–H groups in total. The van der Waals surface area contributed by atoms with Crippen molar-refractivity contribution in [1.29, 1.82) is 0 Å². The van der Waals surface area contributed by atoms with Crippen molar-refractivity contribution in [2.24, 2.45) is 0 Å². The van der Waals surface area contributed by atoms with Gasteiger partial charge in [0.25, 0.3) is 0 Å². The molecule has 0 spiro atoms. The van der Waals surface area contributed by atoms with Gasteiger partial charge in [-0.3, -0.25) is 9.59 Å². The van der Waals surface area contributed by atoms with Crippen LogP contribution in [0.4, 0.5) is 0 Å². The van der Waals surface area contributed by atoms with Gasteiger partial charge < -0.3 is 14.6 Å². The predicted octanol–water partition coefficient (Wildman–Crippen LogP) is 5.37. The first-order chi connectivity index (χ1) is 13.7. The molecule has 1 aliphatic heterocycles. The fourth-order valence-electron chi connectivity index (χ4n) is 3.11. The average molecular weight is 395 g/mol. The van der Waals surface area contributed by atoms with Gasteiger partial charge >= 0.3 is 11.9 Å². The van der Waals surface area contributed by atoms with E-state index in [0.29, 0.717) is 6.42 Å². The van der Waals surface area contributed by atoms with E-state index in [4.69, 9.17) is 9.47 Å². The van der Waals surface area contributed by atoms with Gasteiger partial charge in [-0.05, 0) is 44.9 Å². The van der Waals surface area contributed by atoms with E-state index in [1.165, 1.54) is 19.3 Å². The number of esters is 2. The summed E-state index contributed by atoms with van der Waals surface area (Å²) in [6, 6.07) is 0. The van der Waals surface area contributed by atoms with Crippen LogP contribution in [0.5, 0.6) is 0 Å². The van der Waals surface area contributed by atoms with Crippen LogP contribution < -0.4 is 0 Å². The third-order valence-corrected chi connectivity index (χ3v) is 4.76. The van der Waals surface area contributed by atoms with Crippen LogP contribution in [0, 0.1) is 0 Å². The molecule has 160 valence electrons. The minimum absolute atomic E-state index is 0.287. The van der Waals surface area contributed by atoms with Gasteiger partial charge in [0.15, 0.2) is 6.61 Å². The molecule has 0 aliphatic carbocycles. The van der Waals surface area contributed by atoms with E-state index in [9.17, 15) is 14.7 Å². The van der Waals surface area contributed by atoms with Crippen molar-refractivity contribution in [3.05, 3.63) is 24.3 Å². The fourth-order valence-corrected chi connectivity index (χ4v) is 3.11. The summed E-state index contributed by atoms with van der Waals surface area (Å²) in [6.07, 6.45) is 21.9. The SMILES string of the molecule is O=C1CCCCCCC/C=C/C/C=C/CCCCCCCC(=O)OC(O)CO1. The Morgan fingerprint density at radius 3 is 1.79 bits per heavy atom. The average Bonchev–Trinajstić information content (AvgIpc) is 2.67. The molecule has 1 aliphatic rings. The highest BCUT2D eigenvalue weighted by Gasteiger charge is 2.13. The predicted molar refractivity (Wildman–Crippen MR) is 111 cm³/mol. The number of ether oxygens (including phenoxy) is 2. The number of hydrogen-bond acceptors (Lipinski definition) is 5. The molecule has 5 heteroatoms. The van der Waals surface area contributed by atoms with Gasteiger partial charge in [0.05, 0.1) is 0 Å². The van der Waals surface area contributed by atoms with Crippen molar-refractivity contribution in [2.75, 3.05) is 6.61 Å². The van der Waals surface area contributed by atoms with Crippen LogP contribution in [0.15, 0.2) is 24.3 Å². The van der Waals surface area contributed by atoms with E-state index in [2.05, 4.69) is 24.3 Å². The zero-order valence-corrected chi connectivity index (χ0v) is 17.3. The number of aliphatic hydroxyl groups excluding tert-OH is 1. The molecule has 1 unspecified atom stereocenters. The Balaban J connectivity index is 2.30. The molecule has 0 radical (unpaired) electrons. The molecular weight excluding hydrogens is 356 g/mol. The Hall–Kier alpha value is -1.62. The van der Waals surface area contributed by atoms with Gasteiger partial charge in [-0.2, -0.15) is 0 Å². The van der Waals surface area contributed by atoms with Crippen molar-refractivity contribution >= 4 is 11.9 Å². The summed E-state index contributed by atoms with van der Waals surface area (Å²) in [5, 5.41) is 9.66. The van der Waals surface area contributed by atoms with Gasteiger partial charge in [0.2, 0.25) is 6.29 Å². The normalized spacial score (nSPS) is 26.1. The van der Waals surface area contributed by atoms with Crippen LogP contribution in [0.1, 0.15) is 96.3 Å². The number of carbonyl (C=O) groups is 2. The lowest BCUT2D eigenvalue weighted by molar-refractivity contribution is -0.182. The minimum atomic E-state index is -1.37. The molecular formula is C23H38O5. The Bertz CT molecular complexity index is 470. The van der Waals surface area contributed by atoms with E-state index >= 15 is 0 Å². The first-order valence-corrected chi connectivity index (χ1v) is 11.0. The van der Waals surface area contributed by atoms with Crippen molar-refractivity contribution < 1.29 is 24.2 Å². The minimum Gasteiger partial charge on any atom is -0.459 e. The van der Waals surface area contributed by atoms with Gasteiger partial charge in [-0.1, -0.05) is 62.8 Å². The Morgan fingerprint density at radius 2 is 1.18 bits per heavy atom. The van der Waals surface area contributed by atoms with Crippen molar-refractivity contribution in [2.45, 2.75) is 103 Å². The molecule has 1 heterocycles. The lowest BCUT2D eigenvalue weighted by Gasteiger charge is -2.12. The number of carbonyl (C=O) groups excluding carboxylic acids is 2. The summed E-state index contributed by atoms with van der Waals surface area (Å²) in [5.74, 6) is -0.790. The topological polar surface area (TPSA) is 72.8 Å². The Kier molecular flexibility index (Phi) is 15.2. The van der Waals surface area contributed by atoms with Gasteiger partial charge in [0.1, 0.15) is 0 Å². The zero-order valence-electron chi connectivity index (χ0n) is 17.3. The number of rotatable bonds is 0. The largest absolute Gasteiger partial charge is 0.459 e. The molecule has 0 saturated carbocycles. The highest BCUT2D eigenvalue weighted by molar-refractivity contribution is 5.70. The first-order valence-electron chi connectivity index (χ1n) is 11.0. The molecule has 1 rings (SSSR count). The van der Waals surface area contributed by atoms with E-state index < -0.39 is 12.3 Å². The lowest BCUT2D eigenvalue weighted by Crippen LogP contribution is -2.24. The van der Waals surface area contributed by atoms with Crippen LogP contribution in [0.2, 0.25) is 0 Å². The second-order valence-corrected chi connectivity index (χ2v) is 7.42. The van der Waals surface area contributed by atoms with E-state index in [1.807, 2.05) is 0 Å². The van der Waals surface area contributed by atoms with Gasteiger partial charge in [0, 0.05) is 12.8 Å². The lowest BCUT2D eigenvalue weighted by atomic mass is 10.1. The highest BCUT2D eigenvalue weighted by Crippen LogP contribution is 2.11. The van der Waals surface area contributed by atoms with Crippen LogP contribution >= 0.6 is 0 Å². The number of cyclic esters (lactones) is 2. The molecule has 1 atom stereocenters. The number of hydrogen-bond donors (Lipinski definition) is 1. The molecule has 0 fully saturated rings. The summed E-state index contributed by atoms with van der Waals surface area (Å²) in [5.41, 5.74) is 0. The molecule has 0 amide bonds. The van der Waals surface area contributed by atoms with Crippen LogP contribution in [-0.4, -0.2) is 29.9 Å². The van der Waals surface area contributed by atoms with Crippen LogP contribution in [-0.2, 0) is 19.1 Å². The second kappa shape index (κ2) is 17.5. The fraction of sp³-hybridized carbons (Fsp3) is 0.739. The molecule has 28 heavy (non-hydrogen) atoms. The molecule has 0 aromatic rings. The third-order valence-electron chi connectivity index (χ3n) is 4.76. The smallest absolute Gasteiger partial charge is 0.308 e. The number of aliphatic hydroxyl groups is 1. The summed E-state index contributed by atoms with van der Waals surface area (Å²) < 4.78 is 9.84. The number of allylic oxidation sites excluding steroid dienone is 4. The standard InChI is InChI=1S/C23H38O5/c24-21-18-16-14-12-10-8-6-4-2-1-3-5-7-9-11-13-15-17-19-22(25)28-23(26)20-27-21/h2-5,23,26H,1,6-20H2/b4-2+,5-3+. The Labute approximate surface area is 170 Å².